The molecule has 62 heavy (non-hydrogen) atoms. The molecule has 1 aromatic carbocycles. The lowest BCUT2D eigenvalue weighted by atomic mass is 10.1. The number of rotatable bonds is 44. The van der Waals surface area contributed by atoms with Crippen molar-refractivity contribution < 1.29 is 28.6 Å². The minimum atomic E-state index is -0.437. The van der Waals surface area contributed by atoms with Crippen LogP contribution in [-0.4, -0.2) is 37.7 Å². The summed E-state index contributed by atoms with van der Waals surface area (Å²) in [4.78, 5) is 36.7. The zero-order valence-electron chi connectivity index (χ0n) is 41.4. The standard InChI is InChI=1S/C28H46O4.C28H54O2/c1-3-5-7-9-11-13-15-19-23-31-27(29)25-21-17-18-22-26(25)28(30)32-24-20-16-14-12-10-8-6-4-2;1-3-5-7-9-11-13-14-15-16-17-18-19-20-22-24-26-28(29)30-27-25-23-21-12-10-8-6-4-2/h17-18,21-22H,3-16,19-20,23-24H2,1-2H3;15-16H,3-14,17-27H2,1-2H3/b;16-15-. The van der Waals surface area contributed by atoms with Crippen LogP contribution in [0.15, 0.2) is 36.4 Å². The van der Waals surface area contributed by atoms with Crippen molar-refractivity contribution in [3.63, 3.8) is 0 Å². The summed E-state index contributed by atoms with van der Waals surface area (Å²) >= 11 is 0. The number of allylic oxidation sites excluding steroid dienone is 2. The molecule has 6 heteroatoms. The molecule has 0 aromatic heterocycles. The van der Waals surface area contributed by atoms with Gasteiger partial charge in [0.2, 0.25) is 0 Å². The molecule has 360 valence electrons. The molecule has 6 nitrogen and oxygen atoms in total. The molecule has 0 spiro atoms. The quantitative estimate of drug-likeness (QED) is 0.0281. The van der Waals surface area contributed by atoms with E-state index in [2.05, 4.69) is 39.8 Å². The number of unbranched alkanes of at least 4 members (excludes halogenated alkanes) is 32. The Morgan fingerprint density at radius 1 is 0.355 bits per heavy atom. The molecule has 0 unspecified atom stereocenters. The topological polar surface area (TPSA) is 78.9 Å². The van der Waals surface area contributed by atoms with Gasteiger partial charge in [-0.15, -0.1) is 0 Å². The van der Waals surface area contributed by atoms with Gasteiger partial charge in [-0.05, 0) is 63.5 Å². The zero-order chi connectivity index (χ0) is 45.2. The first kappa shape index (κ1) is 59.4. The van der Waals surface area contributed by atoms with E-state index in [1.165, 1.54) is 193 Å². The molecular weight excluding hydrogens is 769 g/mol. The molecule has 0 heterocycles. The summed E-state index contributed by atoms with van der Waals surface area (Å²) in [6.07, 6.45) is 51.5. The third kappa shape index (κ3) is 41.4. The first-order valence-corrected chi connectivity index (χ1v) is 26.7. The first-order chi connectivity index (χ1) is 30.5. The van der Waals surface area contributed by atoms with Gasteiger partial charge in [-0.25, -0.2) is 9.59 Å². The van der Waals surface area contributed by atoms with Gasteiger partial charge in [0, 0.05) is 6.42 Å². The fraction of sp³-hybridized carbons (Fsp3) is 0.804. The molecule has 0 bridgehead atoms. The highest BCUT2D eigenvalue weighted by Crippen LogP contribution is 2.16. The zero-order valence-corrected chi connectivity index (χ0v) is 41.4. The van der Waals surface area contributed by atoms with E-state index in [-0.39, 0.29) is 5.97 Å². The molecule has 0 atom stereocenters. The SMILES string of the molecule is CCCCCCCC/C=C\CCCCCCCC(=O)OCCCCCCCCCC.CCCCCCCCCCOC(=O)c1ccccc1C(=O)OCCCCCCCCCC. The van der Waals surface area contributed by atoms with Crippen molar-refractivity contribution >= 4 is 17.9 Å². The van der Waals surface area contributed by atoms with Crippen LogP contribution in [0, 0.1) is 0 Å². The highest BCUT2D eigenvalue weighted by molar-refractivity contribution is 6.03. The van der Waals surface area contributed by atoms with E-state index >= 15 is 0 Å². The maximum atomic E-state index is 12.5. The molecule has 0 saturated carbocycles. The highest BCUT2D eigenvalue weighted by atomic mass is 16.5. The molecule has 0 radical (unpaired) electrons. The van der Waals surface area contributed by atoms with Gasteiger partial charge in [-0.3, -0.25) is 4.79 Å². The fourth-order valence-corrected chi connectivity index (χ4v) is 7.63. The minimum absolute atomic E-state index is 0.00979. The summed E-state index contributed by atoms with van der Waals surface area (Å²) in [7, 11) is 0. The summed E-state index contributed by atoms with van der Waals surface area (Å²) in [6, 6.07) is 6.79. The van der Waals surface area contributed by atoms with E-state index < -0.39 is 11.9 Å². The summed E-state index contributed by atoms with van der Waals surface area (Å²) in [5, 5.41) is 0. The Kier molecular flexibility index (Phi) is 47.3. The summed E-state index contributed by atoms with van der Waals surface area (Å²) in [5.74, 6) is -0.865. The Morgan fingerprint density at radius 3 is 0.968 bits per heavy atom. The third-order valence-electron chi connectivity index (χ3n) is 11.7. The van der Waals surface area contributed by atoms with Crippen molar-refractivity contribution in [3.05, 3.63) is 47.5 Å². The van der Waals surface area contributed by atoms with Crippen LogP contribution < -0.4 is 0 Å². The number of ether oxygens (including phenoxy) is 3. The molecule has 0 aliphatic carbocycles. The largest absolute Gasteiger partial charge is 0.466 e. The van der Waals surface area contributed by atoms with Crippen molar-refractivity contribution in [1.82, 2.24) is 0 Å². The Labute approximate surface area is 384 Å². The number of hydrogen-bond donors (Lipinski definition) is 0. The molecule has 0 N–H and O–H groups in total. The average molecular weight is 869 g/mol. The smallest absolute Gasteiger partial charge is 0.339 e. The van der Waals surface area contributed by atoms with Gasteiger partial charge < -0.3 is 14.2 Å². The van der Waals surface area contributed by atoms with E-state index in [1.54, 1.807) is 24.3 Å². The molecule has 0 amide bonds. The lowest BCUT2D eigenvalue weighted by Gasteiger charge is -2.10. The lowest BCUT2D eigenvalue weighted by molar-refractivity contribution is -0.143. The van der Waals surface area contributed by atoms with Gasteiger partial charge in [0.05, 0.1) is 30.9 Å². The predicted octanol–water partition coefficient (Wildman–Crippen LogP) is 18.0. The Bertz CT molecular complexity index is 1090. The second-order valence-corrected chi connectivity index (χ2v) is 17.8. The van der Waals surface area contributed by atoms with Crippen molar-refractivity contribution in [2.24, 2.45) is 0 Å². The van der Waals surface area contributed by atoms with Crippen LogP contribution in [0.3, 0.4) is 0 Å². The molecule has 0 fully saturated rings. The fourth-order valence-electron chi connectivity index (χ4n) is 7.63. The highest BCUT2D eigenvalue weighted by Gasteiger charge is 2.19. The summed E-state index contributed by atoms with van der Waals surface area (Å²) in [5.41, 5.74) is 0.598. The summed E-state index contributed by atoms with van der Waals surface area (Å²) < 4.78 is 16.2. The normalized spacial score (nSPS) is 11.1. The van der Waals surface area contributed by atoms with Crippen LogP contribution in [0.1, 0.15) is 292 Å². The lowest BCUT2D eigenvalue weighted by Crippen LogP contribution is -2.15. The number of hydrogen-bond acceptors (Lipinski definition) is 6. The predicted molar refractivity (Wildman–Crippen MR) is 265 cm³/mol. The Balaban J connectivity index is 0.00000120. The summed E-state index contributed by atoms with van der Waals surface area (Å²) in [6.45, 7) is 10.4. The molecule has 0 saturated heterocycles. The molecule has 1 aromatic rings. The average Bonchev–Trinajstić information content (AvgIpc) is 3.28. The van der Waals surface area contributed by atoms with E-state index in [9.17, 15) is 14.4 Å². The van der Waals surface area contributed by atoms with E-state index in [0.717, 1.165) is 44.9 Å². The van der Waals surface area contributed by atoms with Crippen molar-refractivity contribution in [1.29, 1.82) is 0 Å². The second kappa shape index (κ2) is 49.4. The number of carbonyl (C=O) groups is 3. The van der Waals surface area contributed by atoms with Gasteiger partial charge in [0.15, 0.2) is 0 Å². The number of carbonyl (C=O) groups excluding carboxylic acids is 3. The van der Waals surface area contributed by atoms with Crippen molar-refractivity contribution in [3.8, 4) is 0 Å². The van der Waals surface area contributed by atoms with Gasteiger partial charge >= 0.3 is 17.9 Å². The van der Waals surface area contributed by atoms with Crippen molar-refractivity contribution in [2.75, 3.05) is 19.8 Å². The molecule has 1 rings (SSSR count). The van der Waals surface area contributed by atoms with Crippen LogP contribution in [0.5, 0.6) is 0 Å². The van der Waals surface area contributed by atoms with Crippen molar-refractivity contribution in [2.45, 2.75) is 272 Å². The molecule has 0 aliphatic heterocycles. The maximum absolute atomic E-state index is 12.5. The molecule has 0 aliphatic rings. The number of esters is 3. The first-order valence-electron chi connectivity index (χ1n) is 26.7. The third-order valence-corrected chi connectivity index (χ3v) is 11.7. The monoisotopic (exact) mass is 869 g/mol. The van der Waals surface area contributed by atoms with Gasteiger partial charge in [-0.2, -0.15) is 0 Å². The van der Waals surface area contributed by atoms with Crippen LogP contribution in [0.4, 0.5) is 0 Å². The number of benzene rings is 1. The maximum Gasteiger partial charge on any atom is 0.339 e. The Hall–Kier alpha value is -2.63. The van der Waals surface area contributed by atoms with Gasteiger partial charge in [0.1, 0.15) is 0 Å². The van der Waals surface area contributed by atoms with Gasteiger partial charge in [-0.1, -0.05) is 238 Å². The van der Waals surface area contributed by atoms with Crippen LogP contribution in [0.25, 0.3) is 0 Å². The molecular formula is C56H100O6. The van der Waals surface area contributed by atoms with Crippen LogP contribution in [-0.2, 0) is 19.0 Å². The van der Waals surface area contributed by atoms with E-state index in [1.807, 2.05) is 0 Å². The van der Waals surface area contributed by atoms with E-state index in [0.29, 0.717) is 37.4 Å². The Morgan fingerprint density at radius 2 is 0.629 bits per heavy atom. The van der Waals surface area contributed by atoms with Gasteiger partial charge in [0.25, 0.3) is 0 Å². The second-order valence-electron chi connectivity index (χ2n) is 17.8. The van der Waals surface area contributed by atoms with E-state index in [4.69, 9.17) is 14.2 Å². The van der Waals surface area contributed by atoms with Crippen LogP contribution in [0.2, 0.25) is 0 Å². The minimum Gasteiger partial charge on any atom is -0.466 e. The van der Waals surface area contributed by atoms with Crippen LogP contribution >= 0.6 is 0 Å².